The molecule has 6 heteroatoms. The van der Waals surface area contributed by atoms with Gasteiger partial charge in [-0.3, -0.25) is 5.32 Å². The average molecular weight is 244 g/mol. The SMILES string of the molecule is CSC(=Nc1ccc(Cl)cc1)NC(N)=O. The molecule has 0 aromatic heterocycles. The van der Waals surface area contributed by atoms with Crippen molar-refractivity contribution < 1.29 is 4.79 Å². The molecule has 1 aromatic carbocycles. The van der Waals surface area contributed by atoms with Crippen LogP contribution in [0, 0.1) is 0 Å². The van der Waals surface area contributed by atoms with Crippen LogP contribution in [0.15, 0.2) is 29.3 Å². The fraction of sp³-hybridized carbons (Fsp3) is 0.111. The summed E-state index contributed by atoms with van der Waals surface area (Å²) in [5.74, 6) is 0. The van der Waals surface area contributed by atoms with E-state index in [0.29, 0.717) is 15.9 Å². The van der Waals surface area contributed by atoms with Gasteiger partial charge in [0.1, 0.15) is 0 Å². The number of nitrogens with one attached hydrogen (secondary N) is 1. The number of nitrogens with zero attached hydrogens (tertiary/aromatic N) is 1. The number of primary amides is 1. The van der Waals surface area contributed by atoms with Gasteiger partial charge in [0.2, 0.25) is 0 Å². The minimum atomic E-state index is -0.628. The number of carbonyl (C=O) groups excluding carboxylic acids is 1. The van der Waals surface area contributed by atoms with Gasteiger partial charge in [-0.1, -0.05) is 23.4 Å². The molecule has 0 bridgehead atoms. The van der Waals surface area contributed by atoms with Crippen LogP contribution in [-0.2, 0) is 0 Å². The number of amidine groups is 1. The van der Waals surface area contributed by atoms with E-state index < -0.39 is 6.03 Å². The molecule has 0 saturated heterocycles. The molecule has 1 rings (SSSR count). The normalized spacial score (nSPS) is 11.2. The van der Waals surface area contributed by atoms with Crippen molar-refractivity contribution in [1.29, 1.82) is 0 Å². The van der Waals surface area contributed by atoms with Gasteiger partial charge in [-0.05, 0) is 30.5 Å². The lowest BCUT2D eigenvalue weighted by molar-refractivity contribution is 0.253. The lowest BCUT2D eigenvalue weighted by Crippen LogP contribution is -2.33. The lowest BCUT2D eigenvalue weighted by atomic mass is 10.3. The van der Waals surface area contributed by atoms with E-state index in [0.717, 1.165) is 0 Å². The first-order chi connectivity index (χ1) is 7.11. The maximum absolute atomic E-state index is 10.6. The fourth-order valence-corrected chi connectivity index (χ4v) is 1.39. The number of amides is 2. The van der Waals surface area contributed by atoms with Crippen LogP contribution in [0.5, 0.6) is 0 Å². The van der Waals surface area contributed by atoms with Crippen molar-refractivity contribution in [1.82, 2.24) is 5.32 Å². The number of hydrogen-bond acceptors (Lipinski definition) is 3. The Labute approximate surface area is 96.9 Å². The Kier molecular flexibility index (Phi) is 4.45. The molecule has 2 amide bonds. The molecule has 0 saturated carbocycles. The molecule has 3 N–H and O–H groups in total. The van der Waals surface area contributed by atoms with Gasteiger partial charge in [0, 0.05) is 5.02 Å². The average Bonchev–Trinajstić information content (AvgIpc) is 2.19. The highest BCUT2D eigenvalue weighted by Gasteiger charge is 2.00. The summed E-state index contributed by atoms with van der Waals surface area (Å²) in [6, 6.07) is 6.32. The number of aliphatic imine (C=N–C) groups is 1. The number of halogens is 1. The summed E-state index contributed by atoms with van der Waals surface area (Å²) in [7, 11) is 0. The highest BCUT2D eigenvalue weighted by atomic mass is 35.5. The third-order valence-corrected chi connectivity index (χ3v) is 2.31. The molecule has 4 nitrogen and oxygen atoms in total. The molecule has 0 aliphatic carbocycles. The summed E-state index contributed by atoms with van der Waals surface area (Å²) < 4.78 is 0. The van der Waals surface area contributed by atoms with Crippen molar-refractivity contribution in [2.45, 2.75) is 0 Å². The van der Waals surface area contributed by atoms with Crippen LogP contribution in [0.1, 0.15) is 0 Å². The van der Waals surface area contributed by atoms with Gasteiger partial charge in [-0.25, -0.2) is 9.79 Å². The molecule has 1 aromatic rings. The Hall–Kier alpha value is -1.20. The van der Waals surface area contributed by atoms with E-state index in [1.54, 1.807) is 30.5 Å². The zero-order valence-electron chi connectivity index (χ0n) is 8.03. The van der Waals surface area contributed by atoms with Crippen LogP contribution < -0.4 is 11.1 Å². The molecule has 0 atom stereocenters. The van der Waals surface area contributed by atoms with Crippen LogP contribution in [0.25, 0.3) is 0 Å². The van der Waals surface area contributed by atoms with E-state index in [1.807, 2.05) is 0 Å². The first kappa shape index (κ1) is 11.9. The number of carbonyl (C=O) groups is 1. The molecular formula is C9H10ClN3OS. The summed E-state index contributed by atoms with van der Waals surface area (Å²) in [6.45, 7) is 0. The van der Waals surface area contributed by atoms with Gasteiger partial charge < -0.3 is 5.73 Å². The van der Waals surface area contributed by atoms with Crippen LogP contribution in [0.2, 0.25) is 5.02 Å². The number of urea groups is 1. The molecule has 80 valence electrons. The molecule has 0 heterocycles. The molecular weight excluding hydrogens is 234 g/mol. The third kappa shape index (κ3) is 4.22. The largest absolute Gasteiger partial charge is 0.351 e. The summed E-state index contributed by atoms with van der Waals surface area (Å²) in [6.07, 6.45) is 1.80. The second-order valence-electron chi connectivity index (χ2n) is 2.59. The van der Waals surface area contributed by atoms with Crippen molar-refractivity contribution in [2.75, 3.05) is 6.26 Å². The van der Waals surface area contributed by atoms with Crippen LogP contribution >= 0.6 is 23.4 Å². The van der Waals surface area contributed by atoms with Gasteiger partial charge in [0.05, 0.1) is 5.69 Å². The van der Waals surface area contributed by atoms with Gasteiger partial charge in [0.15, 0.2) is 5.17 Å². The molecule has 0 radical (unpaired) electrons. The first-order valence-corrected chi connectivity index (χ1v) is 5.67. The van der Waals surface area contributed by atoms with Crippen molar-refractivity contribution in [3.8, 4) is 0 Å². The molecule has 0 fully saturated rings. The Morgan fingerprint density at radius 3 is 2.53 bits per heavy atom. The second-order valence-corrected chi connectivity index (χ2v) is 3.82. The maximum atomic E-state index is 10.6. The maximum Gasteiger partial charge on any atom is 0.318 e. The zero-order chi connectivity index (χ0) is 11.3. The Bertz CT molecular complexity index is 377. The third-order valence-electron chi connectivity index (χ3n) is 1.48. The van der Waals surface area contributed by atoms with E-state index in [9.17, 15) is 4.79 Å². The van der Waals surface area contributed by atoms with E-state index in [1.165, 1.54) is 11.8 Å². The van der Waals surface area contributed by atoms with Crippen molar-refractivity contribution in [2.24, 2.45) is 10.7 Å². The number of benzene rings is 1. The van der Waals surface area contributed by atoms with Gasteiger partial charge in [0.25, 0.3) is 0 Å². The van der Waals surface area contributed by atoms with Crippen LogP contribution in [-0.4, -0.2) is 17.5 Å². The Morgan fingerprint density at radius 1 is 1.47 bits per heavy atom. The van der Waals surface area contributed by atoms with Gasteiger partial charge in [-0.15, -0.1) is 0 Å². The van der Waals surface area contributed by atoms with Crippen molar-refractivity contribution >= 4 is 40.2 Å². The molecule has 0 unspecified atom stereocenters. The summed E-state index contributed by atoms with van der Waals surface area (Å²) in [5, 5.41) is 3.50. The summed E-state index contributed by atoms with van der Waals surface area (Å²) in [4.78, 5) is 14.8. The highest BCUT2D eigenvalue weighted by molar-refractivity contribution is 8.13. The monoisotopic (exact) mass is 243 g/mol. The standard InChI is InChI=1S/C9H10ClN3OS/c1-15-9(13-8(11)14)12-7-4-2-6(10)3-5-7/h2-5H,1H3,(H3,11,12,13,14). The number of thioether (sulfide) groups is 1. The molecule has 15 heavy (non-hydrogen) atoms. The quantitative estimate of drug-likeness (QED) is 0.587. The van der Waals surface area contributed by atoms with E-state index in [-0.39, 0.29) is 0 Å². The molecule has 0 spiro atoms. The lowest BCUT2D eigenvalue weighted by Gasteiger charge is -2.02. The van der Waals surface area contributed by atoms with Crippen LogP contribution in [0.3, 0.4) is 0 Å². The van der Waals surface area contributed by atoms with Gasteiger partial charge >= 0.3 is 6.03 Å². The zero-order valence-corrected chi connectivity index (χ0v) is 9.60. The number of hydrogen-bond donors (Lipinski definition) is 2. The van der Waals surface area contributed by atoms with E-state index in [4.69, 9.17) is 17.3 Å². The minimum Gasteiger partial charge on any atom is -0.351 e. The van der Waals surface area contributed by atoms with E-state index in [2.05, 4.69) is 10.3 Å². The molecule has 0 aliphatic rings. The van der Waals surface area contributed by atoms with Crippen molar-refractivity contribution in [3.63, 3.8) is 0 Å². The van der Waals surface area contributed by atoms with Gasteiger partial charge in [-0.2, -0.15) is 0 Å². The summed E-state index contributed by atoms with van der Waals surface area (Å²) >= 11 is 7.03. The second kappa shape index (κ2) is 5.63. The van der Waals surface area contributed by atoms with Crippen molar-refractivity contribution in [3.05, 3.63) is 29.3 Å². The predicted octanol–water partition coefficient (Wildman–Crippen LogP) is 2.36. The smallest absolute Gasteiger partial charge is 0.318 e. The Balaban J connectivity index is 2.83. The topological polar surface area (TPSA) is 67.5 Å². The predicted molar refractivity (Wildman–Crippen MR) is 64.8 cm³/mol. The minimum absolute atomic E-state index is 0.449. The fourth-order valence-electron chi connectivity index (χ4n) is 0.863. The number of rotatable bonds is 1. The Morgan fingerprint density at radius 2 is 2.07 bits per heavy atom. The summed E-state index contributed by atoms with van der Waals surface area (Å²) in [5.41, 5.74) is 5.69. The number of nitrogens with two attached hydrogens (primary N) is 1. The first-order valence-electron chi connectivity index (χ1n) is 4.06. The highest BCUT2D eigenvalue weighted by Crippen LogP contribution is 2.17. The van der Waals surface area contributed by atoms with Crippen LogP contribution in [0.4, 0.5) is 10.5 Å². The molecule has 0 aliphatic heterocycles. The van der Waals surface area contributed by atoms with E-state index >= 15 is 0 Å².